The minimum Gasteiger partial charge on any atom is -0.491 e. The van der Waals surface area contributed by atoms with Crippen molar-refractivity contribution in [2.75, 3.05) is 18.5 Å². The number of hydrogen-bond donors (Lipinski definition) is 4. The number of amides is 1. The van der Waals surface area contributed by atoms with Gasteiger partial charge in [0, 0.05) is 11.3 Å². The minimum absolute atomic E-state index is 0.104. The standard InChI is InChI=1S/C19H21N3O6/c1-12(24)17(22-21-16-5-3-2-4-15(16)19(26)27)18(25)20-13-6-8-14(9-7-13)28-11-10-23/h2-9,17,19,23,26-27H,10-11H2,1H3,(H,20,25). The van der Waals surface area contributed by atoms with E-state index in [4.69, 9.17) is 9.84 Å². The van der Waals surface area contributed by atoms with Gasteiger partial charge in [0.25, 0.3) is 5.91 Å². The highest BCUT2D eigenvalue weighted by Crippen LogP contribution is 2.24. The van der Waals surface area contributed by atoms with E-state index in [1.807, 2.05) is 0 Å². The van der Waals surface area contributed by atoms with Gasteiger partial charge in [0.15, 0.2) is 12.1 Å². The highest BCUT2D eigenvalue weighted by Gasteiger charge is 2.23. The number of carbonyl (C=O) groups is 2. The number of rotatable bonds is 9. The van der Waals surface area contributed by atoms with E-state index < -0.39 is 24.0 Å². The predicted octanol–water partition coefficient (Wildman–Crippen LogP) is 1.72. The number of nitrogens with zero attached hydrogens (tertiary/aromatic N) is 2. The summed E-state index contributed by atoms with van der Waals surface area (Å²) in [4.78, 5) is 24.2. The number of nitrogens with one attached hydrogen (secondary N) is 1. The zero-order chi connectivity index (χ0) is 20.5. The summed E-state index contributed by atoms with van der Waals surface area (Å²) in [5.74, 6) is -0.678. The number of ether oxygens (including phenoxy) is 1. The number of azo groups is 1. The monoisotopic (exact) mass is 387 g/mol. The van der Waals surface area contributed by atoms with E-state index in [0.717, 1.165) is 0 Å². The van der Waals surface area contributed by atoms with Crippen LogP contribution < -0.4 is 10.1 Å². The first-order valence-corrected chi connectivity index (χ1v) is 8.43. The van der Waals surface area contributed by atoms with Crippen molar-refractivity contribution >= 4 is 23.1 Å². The van der Waals surface area contributed by atoms with Crippen molar-refractivity contribution in [3.05, 3.63) is 54.1 Å². The van der Waals surface area contributed by atoms with Gasteiger partial charge in [-0.3, -0.25) is 9.59 Å². The summed E-state index contributed by atoms with van der Waals surface area (Å²) < 4.78 is 5.23. The quantitative estimate of drug-likeness (QED) is 0.293. The predicted molar refractivity (Wildman–Crippen MR) is 100 cm³/mol. The molecule has 0 fully saturated rings. The van der Waals surface area contributed by atoms with Gasteiger partial charge in [0.2, 0.25) is 6.04 Å². The lowest BCUT2D eigenvalue weighted by Gasteiger charge is -2.11. The number of anilines is 1. The SMILES string of the molecule is CC(=O)C(N=Nc1ccccc1C(O)O)C(=O)Nc1ccc(OCCO)cc1. The van der Waals surface area contributed by atoms with Crippen LogP contribution in [0.1, 0.15) is 18.8 Å². The smallest absolute Gasteiger partial charge is 0.258 e. The minimum atomic E-state index is -1.76. The van der Waals surface area contributed by atoms with Crippen molar-refractivity contribution < 1.29 is 29.6 Å². The summed E-state index contributed by atoms with van der Waals surface area (Å²) in [6.07, 6.45) is -1.76. The van der Waals surface area contributed by atoms with Gasteiger partial charge in [0.05, 0.1) is 12.3 Å². The van der Waals surface area contributed by atoms with Crippen molar-refractivity contribution in [2.45, 2.75) is 19.3 Å². The normalized spacial score (nSPS) is 12.2. The molecule has 0 bridgehead atoms. The van der Waals surface area contributed by atoms with Gasteiger partial charge in [-0.15, -0.1) is 0 Å². The van der Waals surface area contributed by atoms with E-state index in [1.54, 1.807) is 36.4 Å². The molecule has 0 spiro atoms. The Labute approximate surface area is 161 Å². The molecule has 1 amide bonds. The Morgan fingerprint density at radius 3 is 2.39 bits per heavy atom. The molecule has 0 radical (unpaired) electrons. The number of aliphatic hydroxyl groups excluding tert-OH is 2. The molecule has 9 nitrogen and oxygen atoms in total. The fourth-order valence-electron chi connectivity index (χ4n) is 2.24. The average molecular weight is 387 g/mol. The summed E-state index contributed by atoms with van der Waals surface area (Å²) >= 11 is 0. The van der Waals surface area contributed by atoms with Gasteiger partial charge >= 0.3 is 0 Å². The van der Waals surface area contributed by atoms with Crippen molar-refractivity contribution in [2.24, 2.45) is 10.2 Å². The molecule has 2 aromatic rings. The second-order valence-electron chi connectivity index (χ2n) is 5.75. The van der Waals surface area contributed by atoms with Crippen LogP contribution in [0.4, 0.5) is 11.4 Å². The molecule has 0 saturated heterocycles. The summed E-state index contributed by atoms with van der Waals surface area (Å²) in [6.45, 7) is 1.25. The molecule has 4 N–H and O–H groups in total. The highest BCUT2D eigenvalue weighted by atomic mass is 16.5. The third kappa shape index (κ3) is 5.95. The van der Waals surface area contributed by atoms with Crippen LogP contribution in [0, 0.1) is 0 Å². The van der Waals surface area contributed by atoms with Gasteiger partial charge in [-0.1, -0.05) is 18.2 Å². The van der Waals surface area contributed by atoms with E-state index >= 15 is 0 Å². The molecule has 0 aliphatic carbocycles. The van der Waals surface area contributed by atoms with Crippen LogP contribution in [0.25, 0.3) is 0 Å². The fourth-order valence-corrected chi connectivity index (χ4v) is 2.24. The van der Waals surface area contributed by atoms with Crippen LogP contribution in [0.3, 0.4) is 0 Å². The highest BCUT2D eigenvalue weighted by molar-refractivity contribution is 6.10. The molecule has 1 unspecified atom stereocenters. The zero-order valence-electron chi connectivity index (χ0n) is 15.1. The number of carbonyl (C=O) groups excluding carboxylic acids is 2. The lowest BCUT2D eigenvalue weighted by Crippen LogP contribution is -2.31. The Kier molecular flexibility index (Phi) is 7.76. The van der Waals surface area contributed by atoms with Gasteiger partial charge in [-0.2, -0.15) is 10.2 Å². The number of Topliss-reactive ketones (excluding diaryl/α,β-unsaturated/α-hetero) is 1. The molecule has 1 atom stereocenters. The van der Waals surface area contributed by atoms with Gasteiger partial charge in [0.1, 0.15) is 12.4 Å². The van der Waals surface area contributed by atoms with E-state index in [0.29, 0.717) is 11.4 Å². The number of benzene rings is 2. The maximum atomic E-state index is 12.4. The first-order chi connectivity index (χ1) is 13.4. The van der Waals surface area contributed by atoms with Crippen LogP contribution >= 0.6 is 0 Å². The fraction of sp³-hybridized carbons (Fsp3) is 0.263. The summed E-state index contributed by atoms with van der Waals surface area (Å²) in [7, 11) is 0. The van der Waals surface area contributed by atoms with E-state index in [9.17, 15) is 19.8 Å². The van der Waals surface area contributed by atoms with Crippen molar-refractivity contribution in [3.63, 3.8) is 0 Å². The first-order valence-electron chi connectivity index (χ1n) is 8.43. The molecule has 2 aromatic carbocycles. The van der Waals surface area contributed by atoms with Gasteiger partial charge in [-0.05, 0) is 37.3 Å². The molecule has 0 aliphatic rings. The Morgan fingerprint density at radius 1 is 1.11 bits per heavy atom. The lowest BCUT2D eigenvalue weighted by molar-refractivity contribution is -0.126. The van der Waals surface area contributed by atoms with E-state index in [-0.39, 0.29) is 24.5 Å². The molecule has 0 heterocycles. The van der Waals surface area contributed by atoms with E-state index in [1.165, 1.54) is 19.1 Å². The van der Waals surface area contributed by atoms with Crippen LogP contribution in [0.5, 0.6) is 5.75 Å². The van der Waals surface area contributed by atoms with Crippen LogP contribution in [-0.4, -0.2) is 46.3 Å². The number of ketones is 1. The molecule has 28 heavy (non-hydrogen) atoms. The average Bonchev–Trinajstić information content (AvgIpc) is 2.67. The molecule has 9 heteroatoms. The molecular formula is C19H21N3O6. The second-order valence-corrected chi connectivity index (χ2v) is 5.75. The Bertz CT molecular complexity index is 836. The summed E-state index contributed by atoms with van der Waals surface area (Å²) in [6, 6.07) is 11.1. The largest absolute Gasteiger partial charge is 0.491 e. The first kappa shape index (κ1) is 21.2. The van der Waals surface area contributed by atoms with Crippen molar-refractivity contribution in [3.8, 4) is 5.75 Å². The van der Waals surface area contributed by atoms with Crippen LogP contribution in [0.15, 0.2) is 58.8 Å². The molecule has 0 saturated carbocycles. The molecule has 0 aromatic heterocycles. The van der Waals surface area contributed by atoms with Gasteiger partial charge < -0.3 is 25.4 Å². The number of hydrogen-bond acceptors (Lipinski definition) is 8. The Hall–Kier alpha value is -3.14. The van der Waals surface area contributed by atoms with Crippen molar-refractivity contribution in [1.82, 2.24) is 0 Å². The summed E-state index contributed by atoms with van der Waals surface area (Å²) in [5.41, 5.74) is 0.670. The van der Waals surface area contributed by atoms with Crippen molar-refractivity contribution in [1.29, 1.82) is 0 Å². The van der Waals surface area contributed by atoms with Crippen LogP contribution in [0.2, 0.25) is 0 Å². The number of aliphatic hydroxyl groups is 3. The Morgan fingerprint density at radius 2 is 1.79 bits per heavy atom. The third-order valence-electron chi connectivity index (χ3n) is 3.61. The van der Waals surface area contributed by atoms with Crippen LogP contribution in [-0.2, 0) is 9.59 Å². The maximum Gasteiger partial charge on any atom is 0.258 e. The second kappa shape index (κ2) is 10.3. The third-order valence-corrected chi connectivity index (χ3v) is 3.61. The topological polar surface area (TPSA) is 141 Å². The zero-order valence-corrected chi connectivity index (χ0v) is 15.1. The summed E-state index contributed by atoms with van der Waals surface area (Å²) in [5, 5.41) is 37.6. The molecule has 148 valence electrons. The maximum absolute atomic E-state index is 12.4. The van der Waals surface area contributed by atoms with Gasteiger partial charge in [-0.25, -0.2) is 0 Å². The Balaban J connectivity index is 2.11. The molecule has 0 aliphatic heterocycles. The molecule has 2 rings (SSSR count). The van der Waals surface area contributed by atoms with E-state index in [2.05, 4.69) is 15.5 Å². The molecular weight excluding hydrogens is 366 g/mol. The lowest BCUT2D eigenvalue weighted by atomic mass is 10.2.